The van der Waals surface area contributed by atoms with Crippen molar-refractivity contribution in [2.75, 3.05) is 0 Å². The van der Waals surface area contributed by atoms with Crippen LogP contribution in [0.25, 0.3) is 0 Å². The summed E-state index contributed by atoms with van der Waals surface area (Å²) in [5, 5.41) is 1.92. The molecule has 0 aliphatic heterocycles. The van der Waals surface area contributed by atoms with E-state index >= 15 is 0 Å². The third-order valence-corrected chi connectivity index (χ3v) is 5.86. The molecule has 8 heteroatoms. The molecule has 2 aromatic rings. The Bertz CT molecular complexity index is 777. The van der Waals surface area contributed by atoms with Gasteiger partial charge < -0.3 is 10.3 Å². The average Bonchev–Trinajstić information content (AvgIpc) is 3.05. The summed E-state index contributed by atoms with van der Waals surface area (Å²) in [5.41, 5.74) is 5.40. The average molecular weight is 355 g/mol. The zero-order valence-electron chi connectivity index (χ0n) is 13.3. The maximum atomic E-state index is 12.6. The lowest BCUT2D eigenvalue weighted by Crippen LogP contribution is -2.29. The Morgan fingerprint density at radius 2 is 2.13 bits per heavy atom. The molecule has 23 heavy (non-hydrogen) atoms. The number of nitrogens with one attached hydrogen (secondary N) is 1. The number of carbonyl (C=O) groups excluding carboxylic acids is 1. The Hall–Kier alpha value is -1.64. The lowest BCUT2D eigenvalue weighted by Gasteiger charge is -2.19. The summed E-state index contributed by atoms with van der Waals surface area (Å²) >= 11 is 1.52. The van der Waals surface area contributed by atoms with Crippen molar-refractivity contribution in [2.24, 2.45) is 18.7 Å². The van der Waals surface area contributed by atoms with Crippen LogP contribution >= 0.6 is 11.3 Å². The molecule has 0 aliphatic rings. The van der Waals surface area contributed by atoms with Crippen LogP contribution in [-0.2, 0) is 17.1 Å². The van der Waals surface area contributed by atoms with Gasteiger partial charge in [-0.25, -0.2) is 13.1 Å². The van der Waals surface area contributed by atoms with E-state index in [2.05, 4.69) is 4.72 Å². The molecular formula is C15H21N3O3S2. The van der Waals surface area contributed by atoms with Crippen molar-refractivity contribution in [1.29, 1.82) is 0 Å². The van der Waals surface area contributed by atoms with Crippen molar-refractivity contribution in [3.8, 4) is 0 Å². The van der Waals surface area contributed by atoms with Crippen molar-refractivity contribution < 1.29 is 13.2 Å². The number of carbonyl (C=O) groups is 1. The molecule has 6 nitrogen and oxygen atoms in total. The number of sulfonamides is 1. The molecule has 1 amide bonds. The van der Waals surface area contributed by atoms with E-state index in [1.807, 2.05) is 31.4 Å². The number of thiophene rings is 1. The molecule has 2 heterocycles. The number of aromatic nitrogens is 1. The first-order chi connectivity index (χ1) is 10.7. The normalized spacial score (nSPS) is 13.4. The molecule has 0 fully saturated rings. The lowest BCUT2D eigenvalue weighted by molar-refractivity contribution is 0.0992. The first-order valence-corrected chi connectivity index (χ1v) is 9.59. The van der Waals surface area contributed by atoms with Gasteiger partial charge in [0.15, 0.2) is 0 Å². The van der Waals surface area contributed by atoms with Crippen LogP contribution in [0.1, 0.15) is 41.7 Å². The van der Waals surface area contributed by atoms with Crippen molar-refractivity contribution in [1.82, 2.24) is 9.29 Å². The topological polar surface area (TPSA) is 94.2 Å². The highest BCUT2D eigenvalue weighted by Gasteiger charge is 2.25. The Morgan fingerprint density at radius 3 is 2.61 bits per heavy atom. The quantitative estimate of drug-likeness (QED) is 0.797. The Kier molecular flexibility index (Phi) is 5.28. The molecule has 2 aromatic heterocycles. The van der Waals surface area contributed by atoms with Crippen LogP contribution in [0.2, 0.25) is 0 Å². The molecule has 0 spiro atoms. The van der Waals surface area contributed by atoms with E-state index in [4.69, 9.17) is 5.73 Å². The summed E-state index contributed by atoms with van der Waals surface area (Å²) in [6.07, 6.45) is 2.08. The van der Waals surface area contributed by atoms with Crippen molar-refractivity contribution in [2.45, 2.75) is 31.2 Å². The zero-order chi connectivity index (χ0) is 17.2. The van der Waals surface area contributed by atoms with Crippen LogP contribution in [0, 0.1) is 5.92 Å². The molecule has 0 aliphatic carbocycles. The second-order valence-corrected chi connectivity index (χ2v) is 8.55. The van der Waals surface area contributed by atoms with Gasteiger partial charge in [-0.2, -0.15) is 0 Å². The minimum absolute atomic E-state index is 0.0408. The second-order valence-electron chi connectivity index (χ2n) is 5.86. The van der Waals surface area contributed by atoms with Gasteiger partial charge in [-0.15, -0.1) is 11.3 Å². The van der Waals surface area contributed by atoms with Crippen LogP contribution in [0.3, 0.4) is 0 Å². The number of rotatable bonds is 7. The van der Waals surface area contributed by atoms with Crippen LogP contribution in [0.15, 0.2) is 34.7 Å². The summed E-state index contributed by atoms with van der Waals surface area (Å²) in [4.78, 5) is 12.3. The second kappa shape index (κ2) is 6.86. The fourth-order valence-electron chi connectivity index (χ4n) is 2.36. The van der Waals surface area contributed by atoms with E-state index in [0.717, 1.165) is 4.88 Å². The fraction of sp³-hybridized carbons (Fsp3) is 0.400. The minimum Gasteiger partial charge on any atom is -0.364 e. The number of primary amides is 1. The maximum Gasteiger partial charge on any atom is 0.265 e. The van der Waals surface area contributed by atoms with Gasteiger partial charge in [-0.05, 0) is 29.9 Å². The maximum absolute atomic E-state index is 12.6. The number of nitrogens with zero attached hydrogens (tertiary/aromatic N) is 1. The van der Waals surface area contributed by atoms with Crippen molar-refractivity contribution in [3.63, 3.8) is 0 Å². The molecule has 0 unspecified atom stereocenters. The summed E-state index contributed by atoms with van der Waals surface area (Å²) < 4.78 is 29.4. The van der Waals surface area contributed by atoms with Gasteiger partial charge in [0.1, 0.15) is 10.6 Å². The Balaban J connectivity index is 2.31. The standard InChI is InChI=1S/C15H21N3O3S2/c1-10(2)7-12(14-5-4-6-22-14)17-23(20,21)11-8-13(15(16)19)18(3)9-11/h4-6,8-10,12,17H,7H2,1-3H3,(H2,16,19)/t12-/m0/s1. The molecular weight excluding hydrogens is 334 g/mol. The first kappa shape index (κ1) is 17.7. The lowest BCUT2D eigenvalue weighted by atomic mass is 10.0. The Labute approximate surface area is 140 Å². The van der Waals surface area contributed by atoms with Gasteiger partial charge in [-0.3, -0.25) is 4.79 Å². The van der Waals surface area contributed by atoms with Gasteiger partial charge in [0.05, 0.1) is 6.04 Å². The van der Waals surface area contributed by atoms with Crippen LogP contribution < -0.4 is 10.5 Å². The van der Waals surface area contributed by atoms with Crippen LogP contribution in [0.5, 0.6) is 0 Å². The summed E-state index contributed by atoms with van der Waals surface area (Å²) in [6.45, 7) is 4.09. The van der Waals surface area contributed by atoms with Gasteiger partial charge >= 0.3 is 0 Å². The van der Waals surface area contributed by atoms with Crippen LogP contribution in [-0.4, -0.2) is 18.9 Å². The van der Waals surface area contributed by atoms with Gasteiger partial charge in [0.2, 0.25) is 10.0 Å². The molecule has 2 rings (SSSR count). The SMILES string of the molecule is CC(C)C[C@H](NS(=O)(=O)c1cc(C(N)=O)n(C)c1)c1cccs1. The van der Waals surface area contributed by atoms with E-state index in [1.54, 1.807) is 7.05 Å². The predicted octanol–water partition coefficient (Wildman–Crippen LogP) is 2.25. The highest BCUT2D eigenvalue weighted by Crippen LogP contribution is 2.27. The summed E-state index contributed by atoms with van der Waals surface area (Å²) in [6, 6.07) is 4.82. The van der Waals surface area contributed by atoms with Gasteiger partial charge in [0, 0.05) is 18.1 Å². The number of nitrogens with two attached hydrogens (primary N) is 1. The van der Waals surface area contributed by atoms with E-state index in [9.17, 15) is 13.2 Å². The predicted molar refractivity (Wildman–Crippen MR) is 90.8 cm³/mol. The smallest absolute Gasteiger partial charge is 0.265 e. The monoisotopic (exact) mass is 355 g/mol. The van der Waals surface area contributed by atoms with Crippen molar-refractivity contribution in [3.05, 3.63) is 40.3 Å². The number of aryl methyl sites for hydroxylation is 1. The molecule has 126 valence electrons. The summed E-state index contributed by atoms with van der Waals surface area (Å²) in [5.74, 6) is -0.326. The highest BCUT2D eigenvalue weighted by molar-refractivity contribution is 7.89. The van der Waals surface area contributed by atoms with E-state index < -0.39 is 15.9 Å². The van der Waals surface area contributed by atoms with Crippen LogP contribution in [0.4, 0.5) is 0 Å². The summed E-state index contributed by atoms with van der Waals surface area (Å²) in [7, 11) is -2.15. The number of hydrogen-bond acceptors (Lipinski definition) is 4. The number of amides is 1. The molecule has 0 saturated carbocycles. The fourth-order valence-corrected chi connectivity index (χ4v) is 4.53. The molecule has 0 bridgehead atoms. The minimum atomic E-state index is -3.74. The zero-order valence-corrected chi connectivity index (χ0v) is 14.9. The highest BCUT2D eigenvalue weighted by atomic mass is 32.2. The molecule has 0 radical (unpaired) electrons. The molecule has 1 atom stereocenters. The number of hydrogen-bond donors (Lipinski definition) is 2. The van der Waals surface area contributed by atoms with Crippen molar-refractivity contribution >= 4 is 27.3 Å². The first-order valence-electron chi connectivity index (χ1n) is 7.22. The van der Waals surface area contributed by atoms with E-state index in [-0.39, 0.29) is 16.6 Å². The third-order valence-electron chi connectivity index (χ3n) is 3.43. The Morgan fingerprint density at radius 1 is 1.43 bits per heavy atom. The van der Waals surface area contributed by atoms with Gasteiger partial charge in [-0.1, -0.05) is 19.9 Å². The third kappa shape index (κ3) is 4.21. The molecule has 3 N–H and O–H groups in total. The largest absolute Gasteiger partial charge is 0.364 e. The molecule has 0 aromatic carbocycles. The van der Waals surface area contributed by atoms with Gasteiger partial charge in [0.25, 0.3) is 5.91 Å². The van der Waals surface area contributed by atoms with E-state index in [1.165, 1.54) is 28.2 Å². The molecule has 0 saturated heterocycles. The van der Waals surface area contributed by atoms with E-state index in [0.29, 0.717) is 12.3 Å².